The molecule has 0 amide bonds. The molecule has 0 radical (unpaired) electrons. The van der Waals surface area contributed by atoms with Gasteiger partial charge in [0.25, 0.3) is 5.89 Å². The number of ether oxygens (including phenoxy) is 1. The summed E-state index contributed by atoms with van der Waals surface area (Å²) in [5.74, 6) is 1.04. The molecule has 1 heterocycles. The number of unbranched alkanes of at least 4 members (excludes halogenated alkanes) is 5. The molecular formula is C16H22N2O3. The van der Waals surface area contributed by atoms with E-state index in [1.807, 2.05) is 0 Å². The Balaban J connectivity index is 1.76. The van der Waals surface area contributed by atoms with Crippen molar-refractivity contribution in [1.82, 2.24) is 10.2 Å². The molecule has 0 aliphatic rings. The highest BCUT2D eigenvalue weighted by molar-refractivity contribution is 5.63. The van der Waals surface area contributed by atoms with Gasteiger partial charge in [0.1, 0.15) is 11.5 Å². The Morgan fingerprint density at radius 2 is 1.95 bits per heavy atom. The molecule has 2 aromatic rings. The number of nitrogens with zero attached hydrogens (tertiary/aromatic N) is 2. The summed E-state index contributed by atoms with van der Waals surface area (Å²) < 4.78 is 10.7. The molecule has 0 bridgehead atoms. The number of hydrogen-bond donors (Lipinski definition) is 1. The lowest BCUT2D eigenvalue weighted by atomic mass is 10.1. The zero-order valence-electron chi connectivity index (χ0n) is 12.4. The number of hydrogen-bond acceptors (Lipinski definition) is 5. The van der Waals surface area contributed by atoms with Crippen LogP contribution in [0.3, 0.4) is 0 Å². The summed E-state index contributed by atoms with van der Waals surface area (Å²) >= 11 is 0. The smallest absolute Gasteiger partial charge is 0.251 e. The molecule has 1 N–H and O–H groups in total. The SMILES string of the molecule is CCCCCCCCOc1ccc(-c2nnco2)c(O)c1. The maximum atomic E-state index is 9.96. The summed E-state index contributed by atoms with van der Waals surface area (Å²) in [5.41, 5.74) is 0.513. The van der Waals surface area contributed by atoms with Crippen molar-refractivity contribution in [3.63, 3.8) is 0 Å². The highest BCUT2D eigenvalue weighted by Crippen LogP contribution is 2.31. The average Bonchev–Trinajstić information content (AvgIpc) is 3.00. The van der Waals surface area contributed by atoms with E-state index >= 15 is 0 Å². The average molecular weight is 290 g/mol. The van der Waals surface area contributed by atoms with Crippen LogP contribution in [0, 0.1) is 0 Å². The first-order chi connectivity index (χ1) is 10.3. The fourth-order valence-electron chi connectivity index (χ4n) is 2.14. The lowest BCUT2D eigenvalue weighted by Gasteiger charge is -2.08. The van der Waals surface area contributed by atoms with Crippen molar-refractivity contribution in [2.24, 2.45) is 0 Å². The molecule has 0 aliphatic heterocycles. The van der Waals surface area contributed by atoms with E-state index in [9.17, 15) is 5.11 Å². The molecule has 0 fully saturated rings. The zero-order valence-corrected chi connectivity index (χ0v) is 12.4. The summed E-state index contributed by atoms with van der Waals surface area (Å²) in [7, 11) is 0. The molecule has 21 heavy (non-hydrogen) atoms. The zero-order chi connectivity index (χ0) is 14.9. The number of rotatable bonds is 9. The largest absolute Gasteiger partial charge is 0.507 e. The standard InChI is InChI=1S/C16H22N2O3/c1-2-3-4-5-6-7-10-20-13-8-9-14(15(19)11-13)16-18-17-12-21-16/h8-9,11-12,19H,2-7,10H2,1H3. The van der Waals surface area contributed by atoms with Crippen LogP contribution in [-0.2, 0) is 0 Å². The van der Waals surface area contributed by atoms with Crippen LogP contribution >= 0.6 is 0 Å². The van der Waals surface area contributed by atoms with E-state index in [0.29, 0.717) is 23.8 Å². The molecule has 2 rings (SSSR count). The van der Waals surface area contributed by atoms with Crippen molar-refractivity contribution in [2.75, 3.05) is 6.61 Å². The number of phenolic OH excluding ortho intramolecular Hbond substituents is 1. The minimum absolute atomic E-state index is 0.0831. The first-order valence-corrected chi connectivity index (χ1v) is 7.53. The second-order valence-electron chi connectivity index (χ2n) is 5.04. The van der Waals surface area contributed by atoms with Crippen molar-refractivity contribution >= 4 is 0 Å². The molecule has 0 saturated carbocycles. The van der Waals surface area contributed by atoms with Crippen LogP contribution in [0.25, 0.3) is 11.5 Å². The quantitative estimate of drug-likeness (QED) is 0.701. The van der Waals surface area contributed by atoms with Gasteiger partial charge in [-0.05, 0) is 18.6 Å². The summed E-state index contributed by atoms with van der Waals surface area (Å²) in [6.07, 6.45) is 8.60. The van der Waals surface area contributed by atoms with E-state index in [0.717, 1.165) is 6.42 Å². The Kier molecular flexibility index (Phi) is 6.06. The number of phenols is 1. The van der Waals surface area contributed by atoms with Gasteiger partial charge in [0.05, 0.1) is 12.2 Å². The first kappa shape index (κ1) is 15.4. The predicted molar refractivity (Wildman–Crippen MR) is 80.3 cm³/mol. The van der Waals surface area contributed by atoms with Crippen molar-refractivity contribution in [1.29, 1.82) is 0 Å². The summed E-state index contributed by atoms with van der Waals surface area (Å²) in [4.78, 5) is 0. The van der Waals surface area contributed by atoms with Gasteiger partial charge in [-0.3, -0.25) is 0 Å². The van der Waals surface area contributed by atoms with Gasteiger partial charge in [0.2, 0.25) is 6.39 Å². The lowest BCUT2D eigenvalue weighted by molar-refractivity contribution is 0.303. The minimum Gasteiger partial charge on any atom is -0.507 e. The third-order valence-electron chi connectivity index (χ3n) is 3.33. The number of aromatic nitrogens is 2. The Morgan fingerprint density at radius 1 is 1.14 bits per heavy atom. The van der Waals surface area contributed by atoms with Gasteiger partial charge in [0, 0.05) is 6.07 Å². The van der Waals surface area contributed by atoms with Crippen LogP contribution < -0.4 is 4.74 Å². The first-order valence-electron chi connectivity index (χ1n) is 7.53. The number of aromatic hydroxyl groups is 1. The molecule has 1 aromatic carbocycles. The van der Waals surface area contributed by atoms with Crippen LogP contribution in [-0.4, -0.2) is 21.9 Å². The third kappa shape index (κ3) is 4.77. The van der Waals surface area contributed by atoms with Gasteiger partial charge in [0.15, 0.2) is 0 Å². The maximum absolute atomic E-state index is 9.96. The summed E-state index contributed by atoms with van der Waals surface area (Å²) in [6.45, 7) is 2.89. The fraction of sp³-hybridized carbons (Fsp3) is 0.500. The van der Waals surface area contributed by atoms with Crippen LogP contribution in [0.15, 0.2) is 29.0 Å². The third-order valence-corrected chi connectivity index (χ3v) is 3.33. The molecule has 0 spiro atoms. The van der Waals surface area contributed by atoms with Crippen molar-refractivity contribution < 1.29 is 14.3 Å². The molecule has 1 aromatic heterocycles. The van der Waals surface area contributed by atoms with E-state index in [4.69, 9.17) is 9.15 Å². The van der Waals surface area contributed by atoms with Gasteiger partial charge in [-0.2, -0.15) is 0 Å². The second kappa shape index (κ2) is 8.29. The predicted octanol–water partition coefficient (Wildman–Crippen LogP) is 4.18. The van der Waals surface area contributed by atoms with E-state index < -0.39 is 0 Å². The molecule has 5 heteroatoms. The second-order valence-corrected chi connectivity index (χ2v) is 5.04. The van der Waals surface area contributed by atoms with Crippen LogP contribution in [0.2, 0.25) is 0 Å². The van der Waals surface area contributed by atoms with Gasteiger partial charge in [-0.25, -0.2) is 0 Å². The van der Waals surface area contributed by atoms with E-state index in [1.54, 1.807) is 18.2 Å². The normalized spacial score (nSPS) is 10.7. The topological polar surface area (TPSA) is 68.4 Å². The Bertz CT molecular complexity index is 526. The molecular weight excluding hydrogens is 268 g/mol. The molecule has 114 valence electrons. The highest BCUT2D eigenvalue weighted by atomic mass is 16.5. The minimum atomic E-state index is 0.0831. The van der Waals surface area contributed by atoms with Gasteiger partial charge >= 0.3 is 0 Å². The van der Waals surface area contributed by atoms with E-state index in [2.05, 4.69) is 17.1 Å². The van der Waals surface area contributed by atoms with Gasteiger partial charge in [-0.1, -0.05) is 39.0 Å². The monoisotopic (exact) mass is 290 g/mol. The molecule has 5 nitrogen and oxygen atoms in total. The van der Waals surface area contributed by atoms with Gasteiger partial charge in [-0.15, -0.1) is 10.2 Å². The molecule has 0 aliphatic carbocycles. The summed E-state index contributed by atoms with van der Waals surface area (Å²) in [6, 6.07) is 5.10. The number of benzene rings is 1. The van der Waals surface area contributed by atoms with Crippen LogP contribution in [0.1, 0.15) is 45.4 Å². The Hall–Kier alpha value is -2.04. The molecule has 0 saturated heterocycles. The van der Waals surface area contributed by atoms with E-state index in [-0.39, 0.29) is 5.75 Å². The molecule has 0 unspecified atom stereocenters. The lowest BCUT2D eigenvalue weighted by Crippen LogP contribution is -1.97. The van der Waals surface area contributed by atoms with Crippen LogP contribution in [0.5, 0.6) is 11.5 Å². The summed E-state index contributed by atoms with van der Waals surface area (Å²) in [5, 5.41) is 17.3. The highest BCUT2D eigenvalue weighted by Gasteiger charge is 2.10. The Labute approximate surface area is 125 Å². The van der Waals surface area contributed by atoms with Gasteiger partial charge < -0.3 is 14.3 Å². The Morgan fingerprint density at radius 3 is 2.67 bits per heavy atom. The van der Waals surface area contributed by atoms with E-state index in [1.165, 1.54) is 38.5 Å². The van der Waals surface area contributed by atoms with Crippen LogP contribution in [0.4, 0.5) is 0 Å². The van der Waals surface area contributed by atoms with Crippen molar-refractivity contribution in [2.45, 2.75) is 45.4 Å². The maximum Gasteiger partial charge on any atom is 0.251 e. The van der Waals surface area contributed by atoms with Crippen molar-refractivity contribution in [3.05, 3.63) is 24.6 Å². The van der Waals surface area contributed by atoms with Crippen molar-refractivity contribution in [3.8, 4) is 23.0 Å². The fourth-order valence-corrected chi connectivity index (χ4v) is 2.14. The molecule has 0 atom stereocenters.